The zero-order valence-corrected chi connectivity index (χ0v) is 10.1. The van der Waals surface area contributed by atoms with Gasteiger partial charge in [0.15, 0.2) is 0 Å². The molecular formula is C9H12BrN5. The second-order valence-electron chi connectivity index (χ2n) is 3.25. The summed E-state index contributed by atoms with van der Waals surface area (Å²) in [5.41, 5.74) is 2.08. The Morgan fingerprint density at radius 3 is 2.80 bits per heavy atom. The second kappa shape index (κ2) is 4.57. The van der Waals surface area contributed by atoms with Gasteiger partial charge in [-0.2, -0.15) is 5.10 Å². The third-order valence-corrected chi connectivity index (χ3v) is 2.65. The van der Waals surface area contributed by atoms with Gasteiger partial charge in [0.2, 0.25) is 0 Å². The molecule has 0 aliphatic heterocycles. The van der Waals surface area contributed by atoms with E-state index in [2.05, 4.69) is 38.3 Å². The summed E-state index contributed by atoms with van der Waals surface area (Å²) in [7, 11) is 0. The standard InChI is InChI=1S/C9H12BrN5/c1-2-14-5-8(4-11-14)6-15-7-9(3-10)12-13-15/h4-5,7H,2-3,6H2,1H3. The van der Waals surface area contributed by atoms with Crippen molar-refractivity contribution < 1.29 is 0 Å². The molecule has 0 saturated carbocycles. The van der Waals surface area contributed by atoms with Crippen LogP contribution in [0.1, 0.15) is 18.2 Å². The highest BCUT2D eigenvalue weighted by molar-refractivity contribution is 9.08. The van der Waals surface area contributed by atoms with E-state index in [9.17, 15) is 0 Å². The summed E-state index contributed by atoms with van der Waals surface area (Å²) in [6.45, 7) is 3.68. The van der Waals surface area contributed by atoms with Gasteiger partial charge in [0.25, 0.3) is 0 Å². The molecule has 0 amide bonds. The molecule has 0 N–H and O–H groups in total. The van der Waals surface area contributed by atoms with Crippen LogP contribution >= 0.6 is 15.9 Å². The van der Waals surface area contributed by atoms with Crippen molar-refractivity contribution in [1.29, 1.82) is 0 Å². The number of hydrogen-bond donors (Lipinski definition) is 0. The maximum absolute atomic E-state index is 4.20. The number of alkyl halides is 1. The third-order valence-electron chi connectivity index (χ3n) is 2.08. The monoisotopic (exact) mass is 269 g/mol. The molecular weight excluding hydrogens is 258 g/mol. The molecule has 2 heterocycles. The molecule has 15 heavy (non-hydrogen) atoms. The Bertz CT molecular complexity index is 393. The fourth-order valence-electron chi connectivity index (χ4n) is 1.33. The van der Waals surface area contributed by atoms with Crippen molar-refractivity contribution in [3.05, 3.63) is 29.8 Å². The topological polar surface area (TPSA) is 48.5 Å². The summed E-state index contributed by atoms with van der Waals surface area (Å²) in [5.74, 6) is 0. The highest BCUT2D eigenvalue weighted by Gasteiger charge is 2.01. The Morgan fingerprint density at radius 1 is 1.33 bits per heavy atom. The molecule has 6 heteroatoms. The van der Waals surface area contributed by atoms with Gasteiger partial charge in [-0.3, -0.25) is 4.68 Å². The fraction of sp³-hybridized carbons (Fsp3) is 0.444. The van der Waals surface area contributed by atoms with Crippen LogP contribution in [0.3, 0.4) is 0 Å². The molecule has 2 rings (SSSR count). The predicted octanol–water partition coefficient (Wildman–Crippen LogP) is 1.44. The smallest absolute Gasteiger partial charge is 0.0932 e. The van der Waals surface area contributed by atoms with Crippen molar-refractivity contribution >= 4 is 15.9 Å². The molecule has 0 bridgehead atoms. The van der Waals surface area contributed by atoms with Crippen molar-refractivity contribution in [2.75, 3.05) is 0 Å². The summed E-state index contributed by atoms with van der Waals surface area (Å²) in [6, 6.07) is 0. The van der Waals surface area contributed by atoms with Crippen molar-refractivity contribution in [2.24, 2.45) is 0 Å². The van der Waals surface area contributed by atoms with Crippen LogP contribution in [0.4, 0.5) is 0 Å². The molecule has 0 aromatic carbocycles. The van der Waals surface area contributed by atoms with Crippen LogP contribution in [0.15, 0.2) is 18.6 Å². The van der Waals surface area contributed by atoms with Gasteiger partial charge in [-0.05, 0) is 6.92 Å². The maximum Gasteiger partial charge on any atom is 0.0932 e. The number of nitrogens with zero attached hydrogens (tertiary/aromatic N) is 5. The molecule has 5 nitrogen and oxygen atoms in total. The van der Waals surface area contributed by atoms with Crippen molar-refractivity contribution in [2.45, 2.75) is 25.3 Å². The van der Waals surface area contributed by atoms with Crippen LogP contribution in [-0.2, 0) is 18.4 Å². The van der Waals surface area contributed by atoms with Gasteiger partial charge in [-0.25, -0.2) is 4.68 Å². The maximum atomic E-state index is 4.20. The SMILES string of the molecule is CCn1cc(Cn2cc(CBr)nn2)cn1. The summed E-state index contributed by atoms with van der Waals surface area (Å²) >= 11 is 3.34. The first-order valence-electron chi connectivity index (χ1n) is 4.78. The molecule has 80 valence electrons. The van der Waals surface area contributed by atoms with Crippen LogP contribution in [0, 0.1) is 0 Å². The Balaban J connectivity index is 2.07. The quantitative estimate of drug-likeness (QED) is 0.790. The highest BCUT2D eigenvalue weighted by atomic mass is 79.9. The Hall–Kier alpha value is -1.17. The number of rotatable bonds is 4. The van der Waals surface area contributed by atoms with Gasteiger partial charge in [0.1, 0.15) is 0 Å². The lowest BCUT2D eigenvalue weighted by molar-refractivity contribution is 0.642. The third kappa shape index (κ3) is 2.44. The molecule has 0 atom stereocenters. The van der Waals surface area contributed by atoms with Gasteiger partial charge in [0.05, 0.1) is 18.4 Å². The number of aryl methyl sites for hydroxylation is 1. The van der Waals surface area contributed by atoms with Gasteiger partial charge in [-0.1, -0.05) is 21.1 Å². The molecule has 0 unspecified atom stereocenters. The van der Waals surface area contributed by atoms with Crippen molar-refractivity contribution in [3.63, 3.8) is 0 Å². The summed E-state index contributed by atoms with van der Waals surface area (Å²) in [4.78, 5) is 0. The van der Waals surface area contributed by atoms with Gasteiger partial charge >= 0.3 is 0 Å². The Labute approximate surface area is 96.2 Å². The highest BCUT2D eigenvalue weighted by Crippen LogP contribution is 2.03. The number of hydrogen-bond acceptors (Lipinski definition) is 3. The van der Waals surface area contributed by atoms with E-state index in [1.54, 1.807) is 0 Å². The molecule has 2 aromatic rings. The van der Waals surface area contributed by atoms with Crippen LogP contribution in [0.2, 0.25) is 0 Å². The van der Waals surface area contributed by atoms with Crippen LogP contribution in [0.25, 0.3) is 0 Å². The zero-order valence-electron chi connectivity index (χ0n) is 8.47. The molecule has 0 saturated heterocycles. The first-order chi connectivity index (χ1) is 7.31. The largest absolute Gasteiger partial charge is 0.273 e. The Morgan fingerprint density at radius 2 is 2.20 bits per heavy atom. The summed E-state index contributed by atoms with van der Waals surface area (Å²) in [5, 5.41) is 13.0. The van der Waals surface area contributed by atoms with E-state index in [0.717, 1.165) is 29.7 Å². The minimum absolute atomic E-state index is 0.722. The minimum atomic E-state index is 0.722. The Kier molecular flexibility index (Phi) is 3.15. The lowest BCUT2D eigenvalue weighted by Gasteiger charge is -1.95. The zero-order chi connectivity index (χ0) is 10.7. The van der Waals surface area contributed by atoms with Crippen LogP contribution in [-0.4, -0.2) is 24.8 Å². The molecule has 0 spiro atoms. The minimum Gasteiger partial charge on any atom is -0.273 e. The van der Waals surface area contributed by atoms with E-state index in [1.165, 1.54) is 0 Å². The van der Waals surface area contributed by atoms with Crippen LogP contribution in [0.5, 0.6) is 0 Å². The average molecular weight is 270 g/mol. The van der Waals surface area contributed by atoms with Gasteiger partial charge < -0.3 is 0 Å². The lowest BCUT2D eigenvalue weighted by Crippen LogP contribution is -1.99. The molecule has 0 radical (unpaired) electrons. The van der Waals surface area contributed by atoms with E-state index >= 15 is 0 Å². The first kappa shape index (κ1) is 10.4. The second-order valence-corrected chi connectivity index (χ2v) is 3.81. The van der Waals surface area contributed by atoms with Gasteiger partial charge in [0, 0.05) is 29.8 Å². The average Bonchev–Trinajstić information content (AvgIpc) is 2.87. The van der Waals surface area contributed by atoms with E-state index < -0.39 is 0 Å². The van der Waals surface area contributed by atoms with E-state index in [1.807, 2.05) is 28.0 Å². The van der Waals surface area contributed by atoms with Crippen molar-refractivity contribution in [3.8, 4) is 0 Å². The van der Waals surface area contributed by atoms with E-state index in [4.69, 9.17) is 0 Å². The van der Waals surface area contributed by atoms with E-state index in [-0.39, 0.29) is 0 Å². The molecule has 0 fully saturated rings. The fourth-order valence-corrected chi connectivity index (χ4v) is 1.58. The number of aromatic nitrogens is 5. The lowest BCUT2D eigenvalue weighted by atomic mass is 10.4. The van der Waals surface area contributed by atoms with Crippen molar-refractivity contribution in [1.82, 2.24) is 24.8 Å². The summed E-state index contributed by atoms with van der Waals surface area (Å²) in [6.07, 6.45) is 5.81. The molecule has 0 aliphatic rings. The normalized spacial score (nSPS) is 10.8. The summed E-state index contributed by atoms with van der Waals surface area (Å²) < 4.78 is 3.71. The van der Waals surface area contributed by atoms with Gasteiger partial charge in [-0.15, -0.1) is 5.10 Å². The van der Waals surface area contributed by atoms with Crippen LogP contribution < -0.4 is 0 Å². The first-order valence-corrected chi connectivity index (χ1v) is 5.90. The molecule has 0 aliphatic carbocycles. The molecule has 2 aromatic heterocycles. The predicted molar refractivity (Wildman–Crippen MR) is 59.7 cm³/mol. The van der Waals surface area contributed by atoms with E-state index in [0.29, 0.717) is 0 Å². The number of halogens is 1.